The van der Waals surface area contributed by atoms with Crippen molar-refractivity contribution in [2.75, 3.05) is 18.4 Å². The Morgan fingerprint density at radius 3 is 2.94 bits per heavy atom. The smallest absolute Gasteiger partial charge is 0.143 e. The van der Waals surface area contributed by atoms with E-state index in [-0.39, 0.29) is 0 Å². The van der Waals surface area contributed by atoms with E-state index < -0.39 is 0 Å². The fourth-order valence-electron chi connectivity index (χ4n) is 1.42. The van der Waals surface area contributed by atoms with E-state index in [1.807, 2.05) is 24.3 Å². The molecule has 0 spiro atoms. The molecule has 2 rings (SSSR count). The Hall–Kier alpha value is -1.95. The molecule has 0 aliphatic rings. The first-order valence-corrected chi connectivity index (χ1v) is 5.18. The first-order chi connectivity index (χ1) is 7.92. The number of hydrogen-bond donors (Lipinski definition) is 2. The second-order valence-corrected chi connectivity index (χ2v) is 3.34. The zero-order valence-corrected chi connectivity index (χ0v) is 8.87. The van der Waals surface area contributed by atoms with Gasteiger partial charge in [0, 0.05) is 6.54 Å². The van der Waals surface area contributed by atoms with Crippen LogP contribution in [0.3, 0.4) is 0 Å². The number of nitrogens with one attached hydrogen (secondary N) is 1. The highest BCUT2D eigenvalue weighted by molar-refractivity contribution is 5.60. The molecule has 0 saturated carbocycles. The van der Waals surface area contributed by atoms with Crippen LogP contribution in [0.25, 0.3) is 5.69 Å². The first-order valence-electron chi connectivity index (χ1n) is 5.18. The molecule has 0 saturated heterocycles. The zero-order valence-electron chi connectivity index (χ0n) is 8.87. The van der Waals surface area contributed by atoms with Crippen LogP contribution in [0, 0.1) is 0 Å². The summed E-state index contributed by atoms with van der Waals surface area (Å²) in [6.45, 7) is 1.52. The van der Waals surface area contributed by atoms with Gasteiger partial charge in [-0.1, -0.05) is 12.1 Å². The minimum absolute atomic E-state index is 0.681. The van der Waals surface area contributed by atoms with Crippen molar-refractivity contribution in [1.82, 2.24) is 20.2 Å². The number of para-hydroxylation sites is 2. The number of hydrogen-bond acceptors (Lipinski definition) is 5. The highest BCUT2D eigenvalue weighted by atomic mass is 15.5. The van der Waals surface area contributed by atoms with Crippen molar-refractivity contribution in [2.45, 2.75) is 6.42 Å². The largest absolute Gasteiger partial charge is 0.383 e. The molecule has 16 heavy (non-hydrogen) atoms. The lowest BCUT2D eigenvalue weighted by molar-refractivity contribution is 0.788. The maximum absolute atomic E-state index is 5.45. The van der Waals surface area contributed by atoms with Crippen molar-refractivity contribution < 1.29 is 0 Å². The maximum Gasteiger partial charge on any atom is 0.143 e. The van der Waals surface area contributed by atoms with Crippen molar-refractivity contribution >= 4 is 5.69 Å². The molecule has 84 valence electrons. The molecule has 0 aliphatic carbocycles. The summed E-state index contributed by atoms with van der Waals surface area (Å²) in [4.78, 5) is 0. The van der Waals surface area contributed by atoms with Crippen molar-refractivity contribution in [3.63, 3.8) is 0 Å². The van der Waals surface area contributed by atoms with Crippen LogP contribution in [0.15, 0.2) is 30.6 Å². The maximum atomic E-state index is 5.45. The number of benzene rings is 1. The topological polar surface area (TPSA) is 81.6 Å². The lowest BCUT2D eigenvalue weighted by atomic mass is 10.2. The van der Waals surface area contributed by atoms with Crippen molar-refractivity contribution in [3.8, 4) is 5.69 Å². The van der Waals surface area contributed by atoms with Crippen LogP contribution in [0.4, 0.5) is 5.69 Å². The predicted octanol–water partition coefficient (Wildman–Crippen LogP) is 0.423. The molecular formula is C10H14N6. The minimum Gasteiger partial charge on any atom is -0.383 e. The number of aromatic nitrogens is 4. The number of nitrogens with two attached hydrogens (primary N) is 1. The van der Waals surface area contributed by atoms with E-state index in [9.17, 15) is 0 Å². The summed E-state index contributed by atoms with van der Waals surface area (Å²) < 4.78 is 1.63. The van der Waals surface area contributed by atoms with E-state index in [4.69, 9.17) is 5.73 Å². The van der Waals surface area contributed by atoms with Crippen LogP contribution < -0.4 is 11.1 Å². The summed E-state index contributed by atoms with van der Waals surface area (Å²) in [6, 6.07) is 7.87. The average Bonchev–Trinajstić information content (AvgIpc) is 2.83. The van der Waals surface area contributed by atoms with Gasteiger partial charge in [0.2, 0.25) is 0 Å². The van der Waals surface area contributed by atoms with Gasteiger partial charge in [-0.15, -0.1) is 5.10 Å². The van der Waals surface area contributed by atoms with Crippen LogP contribution in [0.1, 0.15) is 6.42 Å². The van der Waals surface area contributed by atoms with Crippen LogP contribution in [0.5, 0.6) is 0 Å². The third-order valence-corrected chi connectivity index (χ3v) is 2.20. The van der Waals surface area contributed by atoms with Gasteiger partial charge in [-0.25, -0.2) is 0 Å². The fraction of sp³-hybridized carbons (Fsp3) is 0.300. The number of tetrazole rings is 1. The molecule has 0 amide bonds. The summed E-state index contributed by atoms with van der Waals surface area (Å²) in [5.41, 5.74) is 7.39. The molecule has 0 bridgehead atoms. The van der Waals surface area contributed by atoms with Gasteiger partial charge in [-0.3, -0.25) is 0 Å². The van der Waals surface area contributed by atoms with E-state index >= 15 is 0 Å². The van der Waals surface area contributed by atoms with Gasteiger partial charge in [0.1, 0.15) is 6.33 Å². The lowest BCUT2D eigenvalue weighted by Gasteiger charge is -2.10. The van der Waals surface area contributed by atoms with Crippen LogP contribution in [-0.4, -0.2) is 33.3 Å². The van der Waals surface area contributed by atoms with Gasteiger partial charge < -0.3 is 11.1 Å². The average molecular weight is 218 g/mol. The van der Waals surface area contributed by atoms with Gasteiger partial charge >= 0.3 is 0 Å². The van der Waals surface area contributed by atoms with Gasteiger partial charge in [0.05, 0.1) is 11.4 Å². The monoisotopic (exact) mass is 218 g/mol. The van der Waals surface area contributed by atoms with E-state index in [1.165, 1.54) is 0 Å². The SMILES string of the molecule is NCCCNc1ccccc1-n1cnnn1. The van der Waals surface area contributed by atoms with Crippen LogP contribution >= 0.6 is 0 Å². The third-order valence-electron chi connectivity index (χ3n) is 2.20. The van der Waals surface area contributed by atoms with E-state index in [0.29, 0.717) is 6.54 Å². The van der Waals surface area contributed by atoms with Crippen LogP contribution in [-0.2, 0) is 0 Å². The molecule has 0 unspecified atom stereocenters. The van der Waals surface area contributed by atoms with Gasteiger partial charge in [-0.05, 0) is 35.5 Å². The summed E-state index contributed by atoms with van der Waals surface area (Å²) in [5.74, 6) is 0. The summed E-state index contributed by atoms with van der Waals surface area (Å²) in [7, 11) is 0. The predicted molar refractivity (Wildman–Crippen MR) is 61.3 cm³/mol. The highest BCUT2D eigenvalue weighted by Gasteiger charge is 2.03. The Kier molecular flexibility index (Phi) is 3.45. The van der Waals surface area contributed by atoms with Gasteiger partial charge in [-0.2, -0.15) is 4.68 Å². The standard InChI is InChI=1S/C10H14N6/c11-6-3-7-12-9-4-1-2-5-10(9)16-8-13-14-15-16/h1-2,4-5,8,12H,3,6-7,11H2. The van der Waals surface area contributed by atoms with Gasteiger partial charge in [0.15, 0.2) is 0 Å². The molecule has 1 heterocycles. The number of nitrogens with zero attached hydrogens (tertiary/aromatic N) is 4. The second-order valence-electron chi connectivity index (χ2n) is 3.34. The van der Waals surface area contributed by atoms with Crippen molar-refractivity contribution in [2.24, 2.45) is 5.73 Å². The zero-order chi connectivity index (χ0) is 11.2. The number of anilines is 1. The minimum atomic E-state index is 0.681. The molecular weight excluding hydrogens is 204 g/mol. The molecule has 0 aliphatic heterocycles. The number of rotatable bonds is 5. The van der Waals surface area contributed by atoms with Crippen molar-refractivity contribution in [3.05, 3.63) is 30.6 Å². The Labute approximate surface area is 93.5 Å². The molecule has 3 N–H and O–H groups in total. The Balaban J connectivity index is 2.18. The molecule has 2 aromatic rings. The quantitative estimate of drug-likeness (QED) is 0.711. The van der Waals surface area contributed by atoms with Crippen LogP contribution in [0.2, 0.25) is 0 Å². The lowest BCUT2D eigenvalue weighted by Crippen LogP contribution is -2.10. The van der Waals surface area contributed by atoms with E-state index in [0.717, 1.165) is 24.3 Å². The summed E-state index contributed by atoms with van der Waals surface area (Å²) in [6.07, 6.45) is 2.51. The molecule has 0 atom stereocenters. The molecule has 1 aromatic heterocycles. The molecule has 1 aromatic carbocycles. The highest BCUT2D eigenvalue weighted by Crippen LogP contribution is 2.17. The van der Waals surface area contributed by atoms with E-state index in [1.54, 1.807) is 11.0 Å². The molecule has 0 fully saturated rings. The fourth-order valence-corrected chi connectivity index (χ4v) is 1.42. The molecule has 6 heteroatoms. The Bertz CT molecular complexity index is 425. The summed E-state index contributed by atoms with van der Waals surface area (Å²) in [5, 5.41) is 14.4. The second kappa shape index (κ2) is 5.22. The van der Waals surface area contributed by atoms with Crippen molar-refractivity contribution in [1.29, 1.82) is 0 Å². The third kappa shape index (κ3) is 2.34. The Morgan fingerprint density at radius 2 is 2.19 bits per heavy atom. The van der Waals surface area contributed by atoms with Gasteiger partial charge in [0.25, 0.3) is 0 Å². The molecule has 6 nitrogen and oxygen atoms in total. The molecule has 0 radical (unpaired) electrons. The van der Waals surface area contributed by atoms with E-state index in [2.05, 4.69) is 20.8 Å². The Morgan fingerprint density at radius 1 is 1.31 bits per heavy atom. The normalized spacial score (nSPS) is 10.3. The summed E-state index contributed by atoms with van der Waals surface area (Å²) >= 11 is 0. The first kappa shape index (κ1) is 10.6.